The van der Waals surface area contributed by atoms with Crippen LogP contribution >= 0.6 is 0 Å². The predicted octanol–water partition coefficient (Wildman–Crippen LogP) is 0.942. The number of anilines is 3. The number of fused-ring (bicyclic) bond motifs is 2. The SMILES string of the molecule is COc1cc(Nc2cc(CO)[nH]n2)nc(N[C@@H]2C[C@H]3CCC[C@@H](C2)N3S(=O)(=O)N2CC(C#N)C2)n1. The minimum Gasteiger partial charge on any atom is -0.481 e. The highest BCUT2D eigenvalue weighted by molar-refractivity contribution is 7.86. The first-order valence-corrected chi connectivity index (χ1v) is 13.1. The number of H-pyrrole nitrogens is 1. The standard InChI is InChI=1S/C21H29N9O4S/c1-34-20-8-18(24-19-7-15(12-31)27-28-19)25-21(26-20)23-14-5-16-3-2-4-17(6-14)30(16)35(32,33)29-10-13(9-22)11-29/h7-8,13-14,16-17,31H,2-6,10-12H2,1H3,(H3,23,24,25,26,27,28)/t14-,16-,17+. The minimum atomic E-state index is -3.58. The summed E-state index contributed by atoms with van der Waals surface area (Å²) in [5.74, 6) is 1.50. The molecule has 3 saturated heterocycles. The average molecular weight is 504 g/mol. The maximum Gasteiger partial charge on any atom is 0.282 e. The summed E-state index contributed by atoms with van der Waals surface area (Å²) in [7, 11) is -2.05. The van der Waals surface area contributed by atoms with Gasteiger partial charge in [-0.25, -0.2) is 0 Å². The monoisotopic (exact) mass is 503 g/mol. The van der Waals surface area contributed by atoms with Crippen molar-refractivity contribution in [3.63, 3.8) is 0 Å². The number of methoxy groups -OCH3 is 1. The largest absolute Gasteiger partial charge is 0.481 e. The zero-order chi connectivity index (χ0) is 24.6. The zero-order valence-electron chi connectivity index (χ0n) is 19.4. The molecule has 0 aliphatic carbocycles. The van der Waals surface area contributed by atoms with E-state index in [1.165, 1.54) is 11.4 Å². The third-order valence-corrected chi connectivity index (χ3v) is 8.91. The number of ether oxygens (including phenoxy) is 1. The Morgan fingerprint density at radius 1 is 1.23 bits per heavy atom. The maximum atomic E-state index is 13.3. The fourth-order valence-corrected chi connectivity index (χ4v) is 7.29. The number of aromatic nitrogens is 4. The molecule has 0 radical (unpaired) electrons. The van der Waals surface area contributed by atoms with Gasteiger partial charge in [0.05, 0.1) is 31.4 Å². The molecule has 4 N–H and O–H groups in total. The Hall–Kier alpha value is -2.99. The summed E-state index contributed by atoms with van der Waals surface area (Å²) < 4.78 is 35.0. The average Bonchev–Trinajstić information content (AvgIpc) is 3.25. The van der Waals surface area contributed by atoms with Gasteiger partial charge < -0.3 is 20.5 Å². The Balaban J connectivity index is 1.29. The van der Waals surface area contributed by atoms with Crippen molar-refractivity contribution in [2.24, 2.45) is 5.92 Å². The van der Waals surface area contributed by atoms with E-state index < -0.39 is 10.2 Å². The second-order valence-corrected chi connectivity index (χ2v) is 11.0. The summed E-state index contributed by atoms with van der Waals surface area (Å²) in [6.45, 7) is 0.404. The molecular weight excluding hydrogens is 474 g/mol. The molecule has 2 bridgehead atoms. The van der Waals surface area contributed by atoms with E-state index in [0.29, 0.717) is 42.0 Å². The van der Waals surface area contributed by atoms with Crippen molar-refractivity contribution < 1.29 is 18.3 Å². The van der Waals surface area contributed by atoms with Crippen LogP contribution < -0.4 is 15.4 Å². The lowest BCUT2D eigenvalue weighted by atomic mass is 9.84. The third kappa shape index (κ3) is 4.76. The van der Waals surface area contributed by atoms with Crippen molar-refractivity contribution in [3.05, 3.63) is 17.8 Å². The number of aliphatic hydroxyl groups excluding tert-OH is 1. The second-order valence-electron chi connectivity index (χ2n) is 9.21. The van der Waals surface area contributed by atoms with Crippen molar-refractivity contribution in [2.45, 2.75) is 56.8 Å². The minimum absolute atomic E-state index is 0.00586. The normalized spacial score (nSPS) is 25.5. The van der Waals surface area contributed by atoms with Crippen LogP contribution in [0.2, 0.25) is 0 Å². The Morgan fingerprint density at radius 3 is 2.60 bits per heavy atom. The highest BCUT2D eigenvalue weighted by Crippen LogP contribution is 2.39. The predicted molar refractivity (Wildman–Crippen MR) is 126 cm³/mol. The number of nitrogens with one attached hydrogen (secondary N) is 3. The van der Waals surface area contributed by atoms with Gasteiger partial charge in [-0.1, -0.05) is 6.42 Å². The summed E-state index contributed by atoms with van der Waals surface area (Å²) in [5, 5.41) is 31.5. The van der Waals surface area contributed by atoms with E-state index in [-0.39, 0.29) is 43.7 Å². The van der Waals surface area contributed by atoms with E-state index in [4.69, 9.17) is 10.00 Å². The Bertz CT molecular complexity index is 1190. The Kier molecular flexibility index (Phi) is 6.49. The van der Waals surface area contributed by atoms with Crippen LogP contribution in [0.25, 0.3) is 0 Å². The zero-order valence-corrected chi connectivity index (χ0v) is 20.2. The first kappa shape index (κ1) is 23.7. The molecule has 3 atom stereocenters. The molecule has 0 unspecified atom stereocenters. The van der Waals surface area contributed by atoms with Gasteiger partial charge in [0, 0.05) is 43.3 Å². The summed E-state index contributed by atoms with van der Waals surface area (Å²) >= 11 is 0. The van der Waals surface area contributed by atoms with Crippen molar-refractivity contribution in [2.75, 3.05) is 30.8 Å². The molecule has 14 heteroatoms. The highest BCUT2D eigenvalue weighted by atomic mass is 32.2. The van der Waals surface area contributed by atoms with Gasteiger partial charge in [0.25, 0.3) is 10.2 Å². The lowest BCUT2D eigenvalue weighted by Gasteiger charge is -2.50. The molecule has 5 heterocycles. The number of aromatic amines is 1. The fourth-order valence-electron chi connectivity index (χ4n) is 5.15. The number of rotatable bonds is 8. The number of hydrogen-bond acceptors (Lipinski definition) is 10. The van der Waals surface area contributed by atoms with Crippen LogP contribution in [0.5, 0.6) is 5.88 Å². The topological polar surface area (TPSA) is 172 Å². The van der Waals surface area contributed by atoms with Crippen molar-refractivity contribution in [1.82, 2.24) is 28.8 Å². The summed E-state index contributed by atoms with van der Waals surface area (Å²) in [6.07, 6.45) is 3.91. The molecule has 13 nitrogen and oxygen atoms in total. The van der Waals surface area contributed by atoms with Crippen LogP contribution in [-0.2, 0) is 16.8 Å². The number of nitrogens with zero attached hydrogens (tertiary/aromatic N) is 6. The van der Waals surface area contributed by atoms with E-state index >= 15 is 0 Å². The molecule has 188 valence electrons. The molecule has 0 aromatic carbocycles. The van der Waals surface area contributed by atoms with Crippen molar-refractivity contribution >= 4 is 27.8 Å². The summed E-state index contributed by atoms with van der Waals surface area (Å²) in [5.41, 5.74) is 0.571. The number of piperidine rings is 2. The Morgan fingerprint density at radius 2 is 1.97 bits per heavy atom. The third-order valence-electron chi connectivity index (χ3n) is 6.83. The van der Waals surface area contributed by atoms with E-state index in [2.05, 4.69) is 36.9 Å². The number of aliphatic hydroxyl groups is 1. The van der Waals surface area contributed by atoms with Gasteiger partial charge in [-0.2, -0.15) is 37.4 Å². The maximum absolute atomic E-state index is 13.3. The first-order valence-electron chi connectivity index (χ1n) is 11.7. The Labute approximate surface area is 203 Å². The molecular formula is C21H29N9O4S. The van der Waals surface area contributed by atoms with Crippen LogP contribution in [0.1, 0.15) is 37.8 Å². The van der Waals surface area contributed by atoms with Crippen LogP contribution in [0.15, 0.2) is 12.1 Å². The van der Waals surface area contributed by atoms with Gasteiger partial charge in [-0.05, 0) is 25.7 Å². The summed E-state index contributed by atoms with van der Waals surface area (Å²) in [6, 6.07) is 5.27. The van der Waals surface area contributed by atoms with E-state index in [1.807, 2.05) is 0 Å². The smallest absolute Gasteiger partial charge is 0.282 e. The van der Waals surface area contributed by atoms with Crippen molar-refractivity contribution in [1.29, 1.82) is 5.26 Å². The van der Waals surface area contributed by atoms with E-state index in [1.54, 1.807) is 16.4 Å². The quantitative estimate of drug-likeness (QED) is 0.406. The molecule has 2 aromatic heterocycles. The molecule has 3 aliphatic rings. The van der Waals surface area contributed by atoms with Gasteiger partial charge in [-0.3, -0.25) is 5.10 Å². The summed E-state index contributed by atoms with van der Waals surface area (Å²) in [4.78, 5) is 8.95. The number of hydrogen-bond donors (Lipinski definition) is 4. The lowest BCUT2D eigenvalue weighted by molar-refractivity contribution is 0.0983. The fraction of sp³-hybridized carbons (Fsp3) is 0.619. The molecule has 0 spiro atoms. The lowest BCUT2D eigenvalue weighted by Crippen LogP contribution is -2.63. The van der Waals surface area contributed by atoms with Gasteiger partial charge in [0.15, 0.2) is 5.82 Å². The van der Waals surface area contributed by atoms with Gasteiger partial charge in [-0.15, -0.1) is 0 Å². The molecule has 0 saturated carbocycles. The molecule has 35 heavy (non-hydrogen) atoms. The molecule has 3 fully saturated rings. The van der Waals surface area contributed by atoms with Crippen LogP contribution in [-0.4, -0.2) is 80.6 Å². The molecule has 5 rings (SSSR count). The van der Waals surface area contributed by atoms with E-state index in [9.17, 15) is 13.5 Å². The number of nitriles is 1. The van der Waals surface area contributed by atoms with Gasteiger partial charge in [0.2, 0.25) is 11.8 Å². The van der Waals surface area contributed by atoms with Crippen molar-refractivity contribution in [3.8, 4) is 11.9 Å². The second kappa shape index (κ2) is 9.57. The van der Waals surface area contributed by atoms with Gasteiger partial charge in [0.1, 0.15) is 5.82 Å². The molecule has 3 aliphatic heterocycles. The first-order chi connectivity index (χ1) is 16.9. The van der Waals surface area contributed by atoms with Crippen LogP contribution in [0.4, 0.5) is 17.6 Å². The molecule has 2 aromatic rings. The highest BCUT2D eigenvalue weighted by Gasteiger charge is 2.49. The molecule has 0 amide bonds. The van der Waals surface area contributed by atoms with Crippen LogP contribution in [0.3, 0.4) is 0 Å². The van der Waals surface area contributed by atoms with E-state index in [0.717, 1.165) is 19.3 Å². The van der Waals surface area contributed by atoms with Crippen LogP contribution in [0, 0.1) is 17.2 Å². The van der Waals surface area contributed by atoms with Gasteiger partial charge >= 0.3 is 0 Å².